The van der Waals surface area contributed by atoms with Gasteiger partial charge in [0.2, 0.25) is 11.8 Å². The Bertz CT molecular complexity index is 933. The number of aromatic nitrogens is 4. The zero-order valence-corrected chi connectivity index (χ0v) is 14.0. The minimum Gasteiger partial charge on any atom is -0.326 e. The molecule has 1 aromatic heterocycles. The quantitative estimate of drug-likeness (QED) is 0.689. The Morgan fingerprint density at radius 1 is 1.04 bits per heavy atom. The predicted molar refractivity (Wildman–Crippen MR) is 97.6 cm³/mol. The number of hydrogen-bond acceptors (Lipinski definition) is 5. The number of amides is 2. The Morgan fingerprint density at radius 3 is 2.54 bits per heavy atom. The molecule has 0 radical (unpaired) electrons. The predicted octanol–water partition coefficient (Wildman–Crippen LogP) is 2.27. The van der Waals surface area contributed by atoms with Crippen LogP contribution in [0.5, 0.6) is 0 Å². The summed E-state index contributed by atoms with van der Waals surface area (Å²) < 4.78 is 1.50. The number of nitrogens with one attached hydrogen (secondary N) is 2. The third-order valence-corrected chi connectivity index (χ3v) is 3.39. The fraction of sp³-hybridized carbons (Fsp3) is 0.0556. The maximum atomic E-state index is 12.1. The third kappa shape index (κ3) is 4.60. The van der Waals surface area contributed by atoms with Crippen LogP contribution in [0.1, 0.15) is 12.5 Å². The van der Waals surface area contributed by atoms with Gasteiger partial charge in [-0.15, -0.1) is 5.10 Å². The summed E-state index contributed by atoms with van der Waals surface area (Å²) in [5.41, 5.74) is 2.93. The van der Waals surface area contributed by atoms with E-state index in [1.165, 1.54) is 24.0 Å². The molecule has 0 unspecified atom stereocenters. The molecule has 0 saturated carbocycles. The monoisotopic (exact) mass is 348 g/mol. The third-order valence-electron chi connectivity index (χ3n) is 3.39. The number of carbonyl (C=O) groups excluding carboxylic acids is 2. The SMILES string of the molecule is CC(=O)Nc1ccc(/C=C/C(=O)Nc2cccc(-n3cnnn3)c2)cc1. The Kier molecular flexibility index (Phi) is 5.14. The Hall–Kier alpha value is -3.81. The van der Waals surface area contributed by atoms with Gasteiger partial charge in [0.15, 0.2) is 0 Å². The molecule has 0 spiro atoms. The van der Waals surface area contributed by atoms with Gasteiger partial charge in [0.1, 0.15) is 6.33 Å². The van der Waals surface area contributed by atoms with Gasteiger partial charge in [-0.1, -0.05) is 18.2 Å². The van der Waals surface area contributed by atoms with E-state index in [1.54, 1.807) is 36.4 Å². The summed E-state index contributed by atoms with van der Waals surface area (Å²) in [4.78, 5) is 23.1. The fourth-order valence-electron chi connectivity index (χ4n) is 2.24. The molecule has 0 aliphatic heterocycles. The maximum absolute atomic E-state index is 12.1. The van der Waals surface area contributed by atoms with Crippen molar-refractivity contribution in [2.45, 2.75) is 6.92 Å². The summed E-state index contributed by atoms with van der Waals surface area (Å²) in [5.74, 6) is -0.388. The molecule has 8 nitrogen and oxygen atoms in total. The summed E-state index contributed by atoms with van der Waals surface area (Å²) in [6.07, 6.45) is 4.61. The summed E-state index contributed by atoms with van der Waals surface area (Å²) in [6, 6.07) is 14.4. The van der Waals surface area contributed by atoms with Gasteiger partial charge in [0.05, 0.1) is 5.69 Å². The fourth-order valence-corrected chi connectivity index (χ4v) is 2.24. The molecule has 8 heteroatoms. The van der Waals surface area contributed by atoms with Crippen LogP contribution in [0.2, 0.25) is 0 Å². The van der Waals surface area contributed by atoms with Crippen molar-refractivity contribution in [2.24, 2.45) is 0 Å². The number of rotatable bonds is 5. The van der Waals surface area contributed by atoms with E-state index in [0.29, 0.717) is 11.4 Å². The van der Waals surface area contributed by atoms with Crippen molar-refractivity contribution in [3.05, 3.63) is 66.5 Å². The molecule has 3 rings (SSSR count). The average molecular weight is 348 g/mol. The first kappa shape index (κ1) is 17.0. The van der Waals surface area contributed by atoms with E-state index >= 15 is 0 Å². The van der Waals surface area contributed by atoms with Crippen LogP contribution >= 0.6 is 0 Å². The van der Waals surface area contributed by atoms with Crippen LogP contribution in [-0.4, -0.2) is 32.0 Å². The summed E-state index contributed by atoms with van der Waals surface area (Å²) in [6.45, 7) is 1.45. The van der Waals surface area contributed by atoms with Gasteiger partial charge < -0.3 is 10.6 Å². The minimum absolute atomic E-state index is 0.128. The number of nitrogens with zero attached hydrogens (tertiary/aromatic N) is 4. The lowest BCUT2D eigenvalue weighted by atomic mass is 10.2. The van der Waals surface area contributed by atoms with E-state index in [9.17, 15) is 9.59 Å². The molecule has 0 aliphatic carbocycles. The first-order valence-electron chi connectivity index (χ1n) is 7.80. The number of carbonyl (C=O) groups is 2. The number of benzene rings is 2. The minimum atomic E-state index is -0.259. The number of anilines is 2. The number of tetrazole rings is 1. The van der Waals surface area contributed by atoms with Crippen LogP contribution in [0.25, 0.3) is 11.8 Å². The van der Waals surface area contributed by atoms with Gasteiger partial charge in [-0.05, 0) is 52.4 Å². The van der Waals surface area contributed by atoms with E-state index in [1.807, 2.05) is 18.2 Å². The van der Waals surface area contributed by atoms with Gasteiger partial charge in [0.25, 0.3) is 0 Å². The van der Waals surface area contributed by atoms with E-state index in [-0.39, 0.29) is 11.8 Å². The molecular weight excluding hydrogens is 332 g/mol. The van der Waals surface area contributed by atoms with Crippen molar-refractivity contribution in [3.8, 4) is 5.69 Å². The first-order valence-corrected chi connectivity index (χ1v) is 7.80. The molecular formula is C18H16N6O2. The highest BCUT2D eigenvalue weighted by Gasteiger charge is 2.02. The van der Waals surface area contributed by atoms with Crippen LogP contribution in [0.15, 0.2) is 60.9 Å². The van der Waals surface area contributed by atoms with Crippen molar-refractivity contribution in [1.82, 2.24) is 20.2 Å². The average Bonchev–Trinajstić information content (AvgIpc) is 3.16. The van der Waals surface area contributed by atoms with Crippen LogP contribution in [-0.2, 0) is 9.59 Å². The summed E-state index contributed by atoms with van der Waals surface area (Å²) >= 11 is 0. The lowest BCUT2D eigenvalue weighted by molar-refractivity contribution is -0.114. The van der Waals surface area contributed by atoms with Gasteiger partial charge in [-0.25, -0.2) is 4.68 Å². The number of hydrogen-bond donors (Lipinski definition) is 2. The topological polar surface area (TPSA) is 102 Å². The molecule has 0 aliphatic rings. The maximum Gasteiger partial charge on any atom is 0.248 e. The second-order valence-electron chi connectivity index (χ2n) is 5.43. The van der Waals surface area contributed by atoms with Crippen molar-refractivity contribution < 1.29 is 9.59 Å². The normalized spacial score (nSPS) is 10.7. The molecule has 130 valence electrons. The Balaban J connectivity index is 1.62. The molecule has 0 atom stereocenters. The zero-order valence-electron chi connectivity index (χ0n) is 14.0. The second-order valence-corrected chi connectivity index (χ2v) is 5.43. The zero-order chi connectivity index (χ0) is 18.4. The van der Waals surface area contributed by atoms with Crippen LogP contribution in [0.4, 0.5) is 11.4 Å². The lowest BCUT2D eigenvalue weighted by Crippen LogP contribution is -2.08. The largest absolute Gasteiger partial charge is 0.326 e. The van der Waals surface area contributed by atoms with Gasteiger partial charge in [0, 0.05) is 24.4 Å². The highest BCUT2D eigenvalue weighted by Crippen LogP contribution is 2.14. The van der Waals surface area contributed by atoms with E-state index in [2.05, 4.69) is 26.2 Å². The van der Waals surface area contributed by atoms with E-state index < -0.39 is 0 Å². The highest BCUT2D eigenvalue weighted by atomic mass is 16.2. The Labute approximate surface area is 149 Å². The van der Waals surface area contributed by atoms with E-state index in [4.69, 9.17) is 0 Å². The smallest absolute Gasteiger partial charge is 0.248 e. The molecule has 3 aromatic rings. The van der Waals surface area contributed by atoms with Crippen molar-refractivity contribution >= 4 is 29.3 Å². The molecule has 2 amide bonds. The summed E-state index contributed by atoms with van der Waals surface area (Å²) in [5, 5.41) is 16.5. The molecule has 0 saturated heterocycles. The standard InChI is InChI=1S/C18H16N6O2/c1-13(25)20-15-8-5-14(6-9-15)7-10-18(26)21-16-3-2-4-17(11-16)24-12-19-22-23-24/h2-12H,1H3,(H,20,25)(H,21,26)/b10-7+. The van der Waals surface area contributed by atoms with Gasteiger partial charge in [-0.2, -0.15) is 0 Å². The lowest BCUT2D eigenvalue weighted by Gasteiger charge is -2.05. The molecule has 26 heavy (non-hydrogen) atoms. The van der Waals surface area contributed by atoms with Crippen LogP contribution in [0.3, 0.4) is 0 Å². The molecule has 0 fully saturated rings. The highest BCUT2D eigenvalue weighted by molar-refractivity contribution is 6.02. The molecule has 2 aromatic carbocycles. The molecule has 1 heterocycles. The van der Waals surface area contributed by atoms with Crippen LogP contribution in [0, 0.1) is 0 Å². The Morgan fingerprint density at radius 2 is 1.85 bits per heavy atom. The second kappa shape index (κ2) is 7.84. The van der Waals surface area contributed by atoms with Gasteiger partial charge >= 0.3 is 0 Å². The molecule has 0 bridgehead atoms. The summed E-state index contributed by atoms with van der Waals surface area (Å²) in [7, 11) is 0. The van der Waals surface area contributed by atoms with Crippen molar-refractivity contribution in [2.75, 3.05) is 10.6 Å². The molecule has 2 N–H and O–H groups in total. The van der Waals surface area contributed by atoms with Crippen molar-refractivity contribution in [3.63, 3.8) is 0 Å². The van der Waals surface area contributed by atoms with Crippen molar-refractivity contribution in [1.29, 1.82) is 0 Å². The first-order chi connectivity index (χ1) is 12.6. The van der Waals surface area contributed by atoms with Crippen LogP contribution < -0.4 is 10.6 Å². The van der Waals surface area contributed by atoms with Gasteiger partial charge in [-0.3, -0.25) is 9.59 Å². The van der Waals surface area contributed by atoms with E-state index in [0.717, 1.165) is 11.3 Å².